The number of unbranched alkanes of at least 4 members (excludes halogenated alkanes) is 1. The molecule has 0 aromatic carbocycles. The van der Waals surface area contributed by atoms with Crippen molar-refractivity contribution in [3.8, 4) is 0 Å². The second kappa shape index (κ2) is 4.24. The summed E-state index contributed by atoms with van der Waals surface area (Å²) in [5, 5.41) is 10.1. The van der Waals surface area contributed by atoms with Gasteiger partial charge in [0.15, 0.2) is 0 Å². The maximum Gasteiger partial charge on any atom is 0.0662 e. The van der Waals surface area contributed by atoms with E-state index in [1.165, 1.54) is 0 Å². The van der Waals surface area contributed by atoms with E-state index in [1.807, 2.05) is 0 Å². The monoisotopic (exact) mass is 171 g/mol. The third-order valence-electron chi connectivity index (χ3n) is 2.85. The van der Waals surface area contributed by atoms with Gasteiger partial charge in [0.1, 0.15) is 0 Å². The Morgan fingerprint density at radius 2 is 2.33 bits per heavy atom. The van der Waals surface area contributed by atoms with Gasteiger partial charge in [-0.2, -0.15) is 0 Å². The van der Waals surface area contributed by atoms with Gasteiger partial charge in [0.2, 0.25) is 0 Å². The molecule has 1 fully saturated rings. The Morgan fingerprint density at radius 3 is 2.92 bits per heavy atom. The van der Waals surface area contributed by atoms with Crippen LogP contribution in [0.25, 0.3) is 0 Å². The van der Waals surface area contributed by atoms with Gasteiger partial charge in [-0.05, 0) is 32.1 Å². The first kappa shape index (κ1) is 10.0. The highest BCUT2D eigenvalue weighted by Crippen LogP contribution is 2.31. The van der Waals surface area contributed by atoms with Gasteiger partial charge < -0.3 is 10.8 Å². The van der Waals surface area contributed by atoms with Gasteiger partial charge in [-0.15, -0.1) is 0 Å². The van der Waals surface area contributed by atoms with E-state index >= 15 is 0 Å². The lowest BCUT2D eigenvalue weighted by Gasteiger charge is -2.35. The maximum absolute atomic E-state index is 10.1. The summed E-state index contributed by atoms with van der Waals surface area (Å²) in [5.74, 6) is 0. The van der Waals surface area contributed by atoms with Gasteiger partial charge >= 0.3 is 0 Å². The fourth-order valence-corrected chi connectivity index (χ4v) is 2.12. The van der Waals surface area contributed by atoms with Crippen molar-refractivity contribution in [2.45, 2.75) is 63.5 Å². The van der Waals surface area contributed by atoms with Crippen LogP contribution in [-0.2, 0) is 0 Å². The minimum Gasteiger partial charge on any atom is -0.390 e. The van der Waals surface area contributed by atoms with Gasteiger partial charge in [-0.1, -0.05) is 19.8 Å². The molecule has 0 bridgehead atoms. The van der Waals surface area contributed by atoms with Gasteiger partial charge in [0, 0.05) is 6.04 Å². The zero-order valence-electron chi connectivity index (χ0n) is 8.05. The van der Waals surface area contributed by atoms with Gasteiger partial charge in [0.25, 0.3) is 0 Å². The molecule has 2 nitrogen and oxygen atoms in total. The lowest BCUT2D eigenvalue weighted by Crippen LogP contribution is -2.41. The zero-order chi connectivity index (χ0) is 9.03. The summed E-state index contributed by atoms with van der Waals surface area (Å²) in [4.78, 5) is 0. The average Bonchev–Trinajstić information content (AvgIpc) is 2.01. The molecule has 2 atom stereocenters. The maximum atomic E-state index is 10.1. The second-order valence-corrected chi connectivity index (χ2v) is 4.18. The van der Waals surface area contributed by atoms with Crippen LogP contribution in [-0.4, -0.2) is 16.7 Å². The number of nitrogens with two attached hydrogens (primary N) is 1. The third-order valence-corrected chi connectivity index (χ3v) is 2.85. The molecule has 1 aliphatic rings. The molecule has 2 unspecified atom stereocenters. The van der Waals surface area contributed by atoms with Gasteiger partial charge in [-0.25, -0.2) is 0 Å². The van der Waals surface area contributed by atoms with Crippen molar-refractivity contribution in [3.63, 3.8) is 0 Å². The van der Waals surface area contributed by atoms with Crippen molar-refractivity contribution in [1.29, 1.82) is 0 Å². The number of hydrogen-bond donors (Lipinski definition) is 2. The SMILES string of the molecule is CCCCC1(O)CCCC(N)C1. The molecule has 1 rings (SSSR count). The van der Waals surface area contributed by atoms with E-state index in [0.717, 1.165) is 44.9 Å². The van der Waals surface area contributed by atoms with E-state index in [4.69, 9.17) is 5.73 Å². The molecule has 0 heterocycles. The first-order valence-corrected chi connectivity index (χ1v) is 5.14. The molecule has 2 heteroatoms. The summed E-state index contributed by atoms with van der Waals surface area (Å²) in [6.07, 6.45) is 7.20. The van der Waals surface area contributed by atoms with Gasteiger partial charge in [0.05, 0.1) is 5.60 Å². The molecule has 0 aliphatic heterocycles. The predicted molar refractivity (Wildman–Crippen MR) is 50.9 cm³/mol. The van der Waals surface area contributed by atoms with Crippen LogP contribution in [0, 0.1) is 0 Å². The Bertz CT molecular complexity index is 138. The van der Waals surface area contributed by atoms with E-state index in [-0.39, 0.29) is 6.04 Å². The summed E-state index contributed by atoms with van der Waals surface area (Å²) in [7, 11) is 0. The Balaban J connectivity index is 2.35. The quantitative estimate of drug-likeness (QED) is 0.680. The van der Waals surface area contributed by atoms with Crippen LogP contribution in [0.3, 0.4) is 0 Å². The van der Waals surface area contributed by atoms with Crippen molar-refractivity contribution >= 4 is 0 Å². The molecular weight excluding hydrogens is 150 g/mol. The van der Waals surface area contributed by atoms with Crippen molar-refractivity contribution in [2.24, 2.45) is 5.73 Å². The molecule has 0 aromatic heterocycles. The van der Waals surface area contributed by atoms with E-state index < -0.39 is 5.60 Å². The van der Waals surface area contributed by atoms with Gasteiger partial charge in [-0.3, -0.25) is 0 Å². The molecule has 0 aromatic rings. The largest absolute Gasteiger partial charge is 0.390 e. The lowest BCUT2D eigenvalue weighted by molar-refractivity contribution is -0.0116. The van der Waals surface area contributed by atoms with E-state index in [9.17, 15) is 5.11 Å². The minimum atomic E-state index is -0.423. The first-order valence-electron chi connectivity index (χ1n) is 5.14. The molecule has 0 saturated heterocycles. The van der Waals surface area contributed by atoms with Crippen LogP contribution >= 0.6 is 0 Å². The topological polar surface area (TPSA) is 46.2 Å². The molecule has 1 aliphatic carbocycles. The molecule has 1 saturated carbocycles. The Morgan fingerprint density at radius 1 is 1.58 bits per heavy atom. The van der Waals surface area contributed by atoms with Crippen molar-refractivity contribution in [2.75, 3.05) is 0 Å². The van der Waals surface area contributed by atoms with Crippen LogP contribution in [0.1, 0.15) is 51.9 Å². The molecule has 12 heavy (non-hydrogen) atoms. The molecule has 0 spiro atoms. The highest BCUT2D eigenvalue weighted by molar-refractivity contribution is 4.87. The standard InChI is InChI=1S/C10H21NO/c1-2-3-6-10(12)7-4-5-9(11)8-10/h9,12H,2-8,11H2,1H3. The van der Waals surface area contributed by atoms with Crippen LogP contribution in [0.15, 0.2) is 0 Å². The summed E-state index contributed by atoms with van der Waals surface area (Å²) < 4.78 is 0. The molecule has 3 N–H and O–H groups in total. The minimum absolute atomic E-state index is 0.237. The predicted octanol–water partition coefficient (Wildman–Crippen LogP) is 1.81. The normalized spacial score (nSPS) is 36.8. The van der Waals surface area contributed by atoms with Crippen LogP contribution in [0.5, 0.6) is 0 Å². The van der Waals surface area contributed by atoms with Crippen LogP contribution in [0.4, 0.5) is 0 Å². The fourth-order valence-electron chi connectivity index (χ4n) is 2.12. The molecule has 0 amide bonds. The highest BCUT2D eigenvalue weighted by Gasteiger charge is 2.31. The number of hydrogen-bond acceptors (Lipinski definition) is 2. The lowest BCUT2D eigenvalue weighted by atomic mass is 9.79. The number of aliphatic hydroxyl groups is 1. The summed E-state index contributed by atoms with van der Waals surface area (Å²) in [6, 6.07) is 0.237. The van der Waals surface area contributed by atoms with Crippen molar-refractivity contribution < 1.29 is 5.11 Å². The van der Waals surface area contributed by atoms with Crippen LogP contribution < -0.4 is 5.73 Å². The van der Waals surface area contributed by atoms with Crippen LogP contribution in [0.2, 0.25) is 0 Å². The third kappa shape index (κ3) is 2.76. The van der Waals surface area contributed by atoms with E-state index in [0.29, 0.717) is 0 Å². The van der Waals surface area contributed by atoms with E-state index in [2.05, 4.69) is 6.92 Å². The Kier molecular flexibility index (Phi) is 3.53. The molecular formula is C10H21NO. The summed E-state index contributed by atoms with van der Waals surface area (Å²) >= 11 is 0. The molecule has 72 valence electrons. The first-order chi connectivity index (χ1) is 5.66. The molecule has 0 radical (unpaired) electrons. The van der Waals surface area contributed by atoms with E-state index in [1.54, 1.807) is 0 Å². The summed E-state index contributed by atoms with van der Waals surface area (Å²) in [6.45, 7) is 2.16. The summed E-state index contributed by atoms with van der Waals surface area (Å²) in [5.41, 5.74) is 5.40. The van der Waals surface area contributed by atoms with Crippen molar-refractivity contribution in [3.05, 3.63) is 0 Å². The van der Waals surface area contributed by atoms with Crippen molar-refractivity contribution in [1.82, 2.24) is 0 Å². The smallest absolute Gasteiger partial charge is 0.0662 e. The second-order valence-electron chi connectivity index (χ2n) is 4.18. The fraction of sp³-hybridized carbons (Fsp3) is 1.00. The number of rotatable bonds is 3. The average molecular weight is 171 g/mol. The Hall–Kier alpha value is -0.0800. The zero-order valence-corrected chi connectivity index (χ0v) is 8.05. The Labute approximate surface area is 75.2 Å². The highest BCUT2D eigenvalue weighted by atomic mass is 16.3.